The fraction of sp³-hybridized carbons (Fsp3) is 0.433. The highest BCUT2D eigenvalue weighted by molar-refractivity contribution is 5.92. The molecule has 0 radical (unpaired) electrons. The monoisotopic (exact) mass is 483 g/mol. The second-order valence-electron chi connectivity index (χ2n) is 10.8. The Hall–Kier alpha value is -3.41. The van der Waals surface area contributed by atoms with Crippen molar-refractivity contribution in [2.45, 2.75) is 62.7 Å². The van der Waals surface area contributed by atoms with Crippen LogP contribution in [0.1, 0.15) is 68.4 Å². The maximum atomic E-state index is 13.1. The van der Waals surface area contributed by atoms with Crippen molar-refractivity contribution in [3.63, 3.8) is 0 Å². The second kappa shape index (κ2) is 9.57. The van der Waals surface area contributed by atoms with Crippen LogP contribution >= 0.6 is 0 Å². The second-order valence-corrected chi connectivity index (χ2v) is 10.8. The molecule has 6 nitrogen and oxygen atoms in total. The van der Waals surface area contributed by atoms with Crippen molar-refractivity contribution in [3.8, 4) is 11.3 Å². The van der Waals surface area contributed by atoms with E-state index < -0.39 is 0 Å². The van der Waals surface area contributed by atoms with Gasteiger partial charge in [-0.3, -0.25) is 9.59 Å². The Balaban J connectivity index is 1.13. The summed E-state index contributed by atoms with van der Waals surface area (Å²) < 4.78 is 5.39. The van der Waals surface area contributed by atoms with E-state index in [9.17, 15) is 9.59 Å². The topological polar surface area (TPSA) is 75.4 Å². The summed E-state index contributed by atoms with van der Waals surface area (Å²) in [5.41, 5.74) is 4.41. The maximum absolute atomic E-state index is 13.1. The quantitative estimate of drug-likeness (QED) is 0.490. The standard InChI is InChI=1S/C30H33N3O3/c34-28(32-24-9-5-8-22(16-24)27-19-31-20-36-27)17-23-18-30(26-11-4-3-10-25(23)26)12-14-33(15-13-30)29(35)21-6-1-2-7-21/h3-5,8-11,16,19-21,23H,1-2,6-7,12-15,17-18H2,(H,32,34). The number of benzene rings is 2. The minimum Gasteiger partial charge on any atom is -0.444 e. The number of nitrogens with one attached hydrogen (secondary N) is 1. The molecule has 1 N–H and O–H groups in total. The number of carbonyl (C=O) groups excluding carboxylic acids is 2. The number of anilines is 1. The summed E-state index contributed by atoms with van der Waals surface area (Å²) in [6, 6.07) is 16.3. The van der Waals surface area contributed by atoms with Crippen LogP contribution in [0.5, 0.6) is 0 Å². The molecule has 2 amide bonds. The predicted molar refractivity (Wildman–Crippen MR) is 138 cm³/mol. The Morgan fingerprint density at radius 2 is 1.86 bits per heavy atom. The van der Waals surface area contributed by atoms with Gasteiger partial charge in [-0.2, -0.15) is 0 Å². The van der Waals surface area contributed by atoms with E-state index >= 15 is 0 Å². The first-order chi connectivity index (χ1) is 17.6. The van der Waals surface area contributed by atoms with Crippen LogP contribution in [0.3, 0.4) is 0 Å². The molecule has 6 rings (SSSR count). The average Bonchev–Trinajstić information content (AvgIpc) is 3.67. The molecule has 0 bridgehead atoms. The van der Waals surface area contributed by atoms with Crippen molar-refractivity contribution >= 4 is 17.5 Å². The zero-order valence-corrected chi connectivity index (χ0v) is 20.6. The fourth-order valence-electron chi connectivity index (χ4n) is 6.81. The van der Waals surface area contributed by atoms with Crippen molar-refractivity contribution in [2.75, 3.05) is 18.4 Å². The van der Waals surface area contributed by atoms with Gasteiger partial charge in [-0.15, -0.1) is 0 Å². The van der Waals surface area contributed by atoms with E-state index in [1.165, 1.54) is 30.4 Å². The lowest BCUT2D eigenvalue weighted by molar-refractivity contribution is -0.137. The number of fused-ring (bicyclic) bond motifs is 2. The van der Waals surface area contributed by atoms with Crippen LogP contribution in [-0.2, 0) is 15.0 Å². The van der Waals surface area contributed by atoms with E-state index in [1.807, 2.05) is 24.3 Å². The van der Waals surface area contributed by atoms with Crippen molar-refractivity contribution in [3.05, 3.63) is 72.2 Å². The van der Waals surface area contributed by atoms with E-state index in [0.29, 0.717) is 18.1 Å². The van der Waals surface area contributed by atoms with Crippen LogP contribution in [-0.4, -0.2) is 34.8 Å². The third-order valence-electron chi connectivity index (χ3n) is 8.64. The van der Waals surface area contributed by atoms with Crippen LogP contribution in [0.15, 0.2) is 65.5 Å². The molecule has 1 saturated heterocycles. The van der Waals surface area contributed by atoms with Gasteiger partial charge in [-0.25, -0.2) is 4.98 Å². The Bertz CT molecular complexity index is 1240. The molecule has 1 unspecified atom stereocenters. The molecule has 2 aromatic carbocycles. The lowest BCUT2D eigenvalue weighted by atomic mass is 9.73. The molecule has 1 aliphatic heterocycles. The molecular weight excluding hydrogens is 450 g/mol. The van der Waals surface area contributed by atoms with Crippen molar-refractivity contribution in [1.29, 1.82) is 0 Å². The first kappa shape index (κ1) is 23.0. The van der Waals surface area contributed by atoms with Gasteiger partial charge in [0, 0.05) is 36.7 Å². The summed E-state index contributed by atoms with van der Waals surface area (Å²) in [6.45, 7) is 1.66. The molecule has 2 fully saturated rings. The number of amides is 2. The first-order valence-corrected chi connectivity index (χ1v) is 13.3. The minimum atomic E-state index is 0.0235. The first-order valence-electron chi connectivity index (χ1n) is 13.3. The molecular formula is C30H33N3O3. The zero-order valence-electron chi connectivity index (χ0n) is 20.6. The lowest BCUT2D eigenvalue weighted by Gasteiger charge is -2.41. The number of rotatable bonds is 5. The normalized spacial score (nSPS) is 21.0. The number of likely N-dealkylation sites (tertiary alicyclic amines) is 1. The number of aromatic nitrogens is 1. The number of hydrogen-bond donors (Lipinski definition) is 1. The number of carbonyl (C=O) groups is 2. The third-order valence-corrected chi connectivity index (χ3v) is 8.64. The molecule has 1 atom stereocenters. The Kier molecular flexibility index (Phi) is 6.12. The summed E-state index contributed by atoms with van der Waals surface area (Å²) >= 11 is 0. The van der Waals surface area contributed by atoms with Crippen molar-refractivity contribution in [2.24, 2.45) is 5.92 Å². The molecule has 2 heterocycles. The van der Waals surface area contributed by atoms with E-state index in [4.69, 9.17) is 4.42 Å². The number of piperidine rings is 1. The van der Waals surface area contributed by atoms with E-state index in [-0.39, 0.29) is 23.2 Å². The van der Waals surface area contributed by atoms with Crippen LogP contribution in [0, 0.1) is 5.92 Å². The van der Waals surface area contributed by atoms with E-state index in [2.05, 4.69) is 39.5 Å². The third kappa shape index (κ3) is 4.34. The van der Waals surface area contributed by atoms with Gasteiger partial charge in [0.25, 0.3) is 0 Å². The van der Waals surface area contributed by atoms with E-state index in [0.717, 1.165) is 56.4 Å². The smallest absolute Gasteiger partial charge is 0.225 e. The minimum absolute atomic E-state index is 0.0235. The summed E-state index contributed by atoms with van der Waals surface area (Å²) in [4.78, 5) is 32.2. The van der Waals surface area contributed by atoms with Crippen LogP contribution in [0.2, 0.25) is 0 Å². The number of hydrogen-bond acceptors (Lipinski definition) is 4. The summed E-state index contributed by atoms with van der Waals surface area (Å²) in [7, 11) is 0. The van der Waals surface area contributed by atoms with Gasteiger partial charge in [-0.1, -0.05) is 49.2 Å². The Morgan fingerprint density at radius 1 is 1.06 bits per heavy atom. The van der Waals surface area contributed by atoms with Gasteiger partial charge >= 0.3 is 0 Å². The van der Waals surface area contributed by atoms with Gasteiger partial charge < -0.3 is 14.6 Å². The molecule has 1 spiro atoms. The van der Waals surface area contributed by atoms with Crippen LogP contribution in [0.4, 0.5) is 5.69 Å². The Morgan fingerprint density at radius 3 is 2.64 bits per heavy atom. The Labute approximate surface area is 212 Å². The van der Waals surface area contributed by atoms with Crippen molar-refractivity contribution in [1.82, 2.24) is 9.88 Å². The highest BCUT2D eigenvalue weighted by Crippen LogP contribution is 2.53. The van der Waals surface area contributed by atoms with Gasteiger partial charge in [0.05, 0.1) is 6.20 Å². The largest absolute Gasteiger partial charge is 0.444 e. The molecule has 3 aliphatic rings. The van der Waals surface area contributed by atoms with Crippen LogP contribution < -0.4 is 5.32 Å². The molecule has 3 aromatic rings. The van der Waals surface area contributed by atoms with Gasteiger partial charge in [-0.05, 0) is 66.7 Å². The van der Waals surface area contributed by atoms with Crippen LogP contribution in [0.25, 0.3) is 11.3 Å². The SMILES string of the molecule is O=C(CC1CC2(CCN(C(=O)C3CCCC3)CC2)c2ccccc21)Nc1cccc(-c2cnco2)c1. The van der Waals surface area contributed by atoms with Gasteiger partial charge in [0.1, 0.15) is 0 Å². The maximum Gasteiger partial charge on any atom is 0.225 e. The zero-order chi connectivity index (χ0) is 24.5. The molecule has 36 heavy (non-hydrogen) atoms. The predicted octanol–water partition coefficient (Wildman–Crippen LogP) is 5.91. The lowest BCUT2D eigenvalue weighted by Crippen LogP contribution is -2.46. The molecule has 186 valence electrons. The summed E-state index contributed by atoms with van der Waals surface area (Å²) in [5.74, 6) is 1.51. The molecule has 6 heteroatoms. The molecule has 1 saturated carbocycles. The van der Waals surface area contributed by atoms with Gasteiger partial charge in [0.2, 0.25) is 11.8 Å². The highest BCUT2D eigenvalue weighted by Gasteiger charge is 2.46. The summed E-state index contributed by atoms with van der Waals surface area (Å²) in [6.07, 6.45) is 11.0. The number of nitrogens with zero attached hydrogens (tertiary/aromatic N) is 2. The molecule has 2 aliphatic carbocycles. The molecule has 1 aromatic heterocycles. The van der Waals surface area contributed by atoms with Crippen molar-refractivity contribution < 1.29 is 14.0 Å². The fourth-order valence-corrected chi connectivity index (χ4v) is 6.81. The highest BCUT2D eigenvalue weighted by atomic mass is 16.3. The van der Waals surface area contributed by atoms with E-state index in [1.54, 1.807) is 6.20 Å². The average molecular weight is 484 g/mol. The van der Waals surface area contributed by atoms with Gasteiger partial charge in [0.15, 0.2) is 12.2 Å². The number of oxazole rings is 1. The summed E-state index contributed by atoms with van der Waals surface area (Å²) in [5, 5.41) is 3.09.